The summed E-state index contributed by atoms with van der Waals surface area (Å²) in [7, 11) is -5.97. The van der Waals surface area contributed by atoms with Crippen LogP contribution in [-0.4, -0.2) is 39.5 Å². The molecule has 0 unspecified atom stereocenters. The summed E-state index contributed by atoms with van der Waals surface area (Å²) in [6.45, 7) is 3.79. The van der Waals surface area contributed by atoms with Crippen LogP contribution in [0.2, 0.25) is 0 Å². The molecular weight excluding hydrogens is 482 g/mol. The standard InChI is InChI=1S/C27H29NO5S2/c1-20-4-12-25(13-5-20)34(29,30)27-16-17-28(35(31,32)26-14-6-21(2)7-15-26)23(19-27)18-22-8-10-24(33-3)11-9-22/h4-17,23,27H,18-19H2,1-3H3/t23-,27-/m0/s1. The van der Waals surface area contributed by atoms with Gasteiger partial charge in [-0.2, -0.15) is 0 Å². The van der Waals surface area contributed by atoms with Crippen molar-refractivity contribution in [2.45, 2.75) is 47.8 Å². The van der Waals surface area contributed by atoms with E-state index in [1.54, 1.807) is 55.6 Å². The van der Waals surface area contributed by atoms with Crippen LogP contribution in [-0.2, 0) is 26.3 Å². The number of hydrogen-bond donors (Lipinski definition) is 0. The molecule has 3 aromatic rings. The molecule has 184 valence electrons. The SMILES string of the molecule is COc1ccc(C[C@H]2C[C@@H](S(=O)(=O)c3ccc(C)cc3)C=CN2S(=O)(=O)c2ccc(C)cc2)cc1. The van der Waals surface area contributed by atoms with Crippen molar-refractivity contribution in [1.29, 1.82) is 0 Å². The lowest BCUT2D eigenvalue weighted by Crippen LogP contribution is -2.44. The molecule has 3 aromatic carbocycles. The fourth-order valence-corrected chi connectivity index (χ4v) is 7.33. The maximum Gasteiger partial charge on any atom is 0.264 e. The molecule has 0 bridgehead atoms. The fourth-order valence-electron chi connectivity index (χ4n) is 4.20. The van der Waals surface area contributed by atoms with Gasteiger partial charge in [0.2, 0.25) is 0 Å². The number of hydrogen-bond acceptors (Lipinski definition) is 5. The molecule has 4 rings (SSSR count). The molecule has 0 aliphatic carbocycles. The van der Waals surface area contributed by atoms with E-state index in [4.69, 9.17) is 4.74 Å². The Morgan fingerprint density at radius 3 is 1.89 bits per heavy atom. The van der Waals surface area contributed by atoms with E-state index in [-0.39, 0.29) is 16.2 Å². The highest BCUT2D eigenvalue weighted by Gasteiger charge is 2.38. The van der Waals surface area contributed by atoms with Gasteiger partial charge in [0.1, 0.15) is 5.75 Å². The van der Waals surface area contributed by atoms with E-state index in [0.717, 1.165) is 16.7 Å². The van der Waals surface area contributed by atoms with Crippen LogP contribution in [0.5, 0.6) is 5.75 Å². The largest absolute Gasteiger partial charge is 0.497 e. The second kappa shape index (κ2) is 9.87. The molecule has 35 heavy (non-hydrogen) atoms. The minimum Gasteiger partial charge on any atom is -0.497 e. The van der Waals surface area contributed by atoms with Gasteiger partial charge in [0, 0.05) is 6.20 Å². The number of sulfonamides is 1. The quantitative estimate of drug-likeness (QED) is 0.460. The molecule has 0 N–H and O–H groups in total. The van der Waals surface area contributed by atoms with Crippen molar-refractivity contribution in [3.63, 3.8) is 0 Å². The van der Waals surface area contributed by atoms with Crippen LogP contribution in [0.3, 0.4) is 0 Å². The van der Waals surface area contributed by atoms with Crippen LogP contribution in [0, 0.1) is 13.8 Å². The molecule has 0 radical (unpaired) electrons. The van der Waals surface area contributed by atoms with Gasteiger partial charge in [-0.3, -0.25) is 4.31 Å². The Balaban J connectivity index is 1.72. The Kier molecular flexibility index (Phi) is 7.05. The van der Waals surface area contributed by atoms with Gasteiger partial charge in [0.05, 0.1) is 28.2 Å². The number of rotatable bonds is 7. The Hall–Kier alpha value is -3.10. The van der Waals surface area contributed by atoms with Crippen LogP contribution in [0.1, 0.15) is 23.1 Å². The third-order valence-electron chi connectivity index (χ3n) is 6.29. The predicted molar refractivity (Wildman–Crippen MR) is 137 cm³/mol. The van der Waals surface area contributed by atoms with Crippen LogP contribution >= 0.6 is 0 Å². The Morgan fingerprint density at radius 1 is 0.800 bits per heavy atom. The van der Waals surface area contributed by atoms with Crippen LogP contribution in [0.4, 0.5) is 0 Å². The number of ether oxygens (including phenoxy) is 1. The van der Waals surface area contributed by atoms with Gasteiger partial charge in [0.25, 0.3) is 10.0 Å². The van der Waals surface area contributed by atoms with E-state index in [0.29, 0.717) is 12.2 Å². The highest BCUT2D eigenvalue weighted by atomic mass is 32.2. The van der Waals surface area contributed by atoms with Crippen molar-refractivity contribution >= 4 is 19.9 Å². The number of methoxy groups -OCH3 is 1. The zero-order valence-electron chi connectivity index (χ0n) is 20.0. The first kappa shape index (κ1) is 25.0. The minimum atomic E-state index is -3.87. The van der Waals surface area contributed by atoms with E-state index in [2.05, 4.69) is 0 Å². The predicted octanol–water partition coefficient (Wildman–Crippen LogP) is 4.67. The molecule has 2 atom stereocenters. The van der Waals surface area contributed by atoms with Gasteiger partial charge >= 0.3 is 0 Å². The third-order valence-corrected chi connectivity index (χ3v) is 10.2. The van der Waals surface area contributed by atoms with E-state index in [1.807, 2.05) is 38.1 Å². The van der Waals surface area contributed by atoms with Crippen LogP contribution < -0.4 is 4.74 Å². The van der Waals surface area contributed by atoms with Crippen molar-refractivity contribution in [3.05, 3.63) is 102 Å². The average Bonchev–Trinajstić information content (AvgIpc) is 2.85. The van der Waals surface area contributed by atoms with Crippen molar-refractivity contribution in [2.24, 2.45) is 0 Å². The Labute approximate surface area is 207 Å². The monoisotopic (exact) mass is 511 g/mol. The zero-order valence-corrected chi connectivity index (χ0v) is 21.6. The van der Waals surface area contributed by atoms with Gasteiger partial charge in [-0.25, -0.2) is 16.8 Å². The van der Waals surface area contributed by atoms with Crippen molar-refractivity contribution in [3.8, 4) is 5.75 Å². The second-order valence-corrected chi connectivity index (χ2v) is 12.8. The molecule has 0 spiro atoms. The van der Waals surface area contributed by atoms with Crippen molar-refractivity contribution in [2.75, 3.05) is 7.11 Å². The summed E-state index contributed by atoms with van der Waals surface area (Å²) < 4.78 is 60.5. The first-order valence-corrected chi connectivity index (χ1v) is 14.3. The molecule has 0 saturated heterocycles. The summed E-state index contributed by atoms with van der Waals surface area (Å²) in [4.78, 5) is 0.406. The van der Waals surface area contributed by atoms with Gasteiger partial charge in [-0.05, 0) is 74.7 Å². The third kappa shape index (κ3) is 5.28. The fraction of sp³-hybridized carbons (Fsp3) is 0.259. The summed E-state index contributed by atoms with van der Waals surface area (Å²) in [5.74, 6) is 0.696. The lowest BCUT2D eigenvalue weighted by Gasteiger charge is -2.35. The van der Waals surface area contributed by atoms with E-state index < -0.39 is 31.2 Å². The number of aryl methyl sites for hydroxylation is 2. The van der Waals surface area contributed by atoms with E-state index in [1.165, 1.54) is 16.6 Å². The molecule has 0 fully saturated rings. The molecule has 1 aliphatic rings. The van der Waals surface area contributed by atoms with Gasteiger partial charge in [0.15, 0.2) is 9.84 Å². The van der Waals surface area contributed by atoms with E-state index >= 15 is 0 Å². The maximum atomic E-state index is 13.6. The smallest absolute Gasteiger partial charge is 0.264 e. The molecule has 0 saturated carbocycles. The van der Waals surface area contributed by atoms with Crippen molar-refractivity contribution in [1.82, 2.24) is 4.31 Å². The summed E-state index contributed by atoms with van der Waals surface area (Å²) >= 11 is 0. The summed E-state index contributed by atoms with van der Waals surface area (Å²) in [5.41, 5.74) is 2.81. The normalized spacial score (nSPS) is 18.4. The molecule has 6 nitrogen and oxygen atoms in total. The average molecular weight is 512 g/mol. The first-order chi connectivity index (χ1) is 16.6. The van der Waals surface area contributed by atoms with Crippen molar-refractivity contribution < 1.29 is 21.6 Å². The highest BCUT2D eigenvalue weighted by molar-refractivity contribution is 7.92. The maximum absolute atomic E-state index is 13.6. The summed E-state index contributed by atoms with van der Waals surface area (Å²) in [6.07, 6.45) is 3.41. The second-order valence-electron chi connectivity index (χ2n) is 8.83. The van der Waals surface area contributed by atoms with Crippen LogP contribution in [0.25, 0.3) is 0 Å². The number of nitrogens with zero attached hydrogens (tertiary/aromatic N) is 1. The summed E-state index contributed by atoms with van der Waals surface area (Å²) in [5, 5.41) is -0.835. The van der Waals surface area contributed by atoms with Gasteiger partial charge < -0.3 is 4.74 Å². The topological polar surface area (TPSA) is 80.8 Å². The molecule has 0 amide bonds. The van der Waals surface area contributed by atoms with Gasteiger partial charge in [-0.15, -0.1) is 0 Å². The molecule has 0 aromatic heterocycles. The molecular formula is C27H29NO5S2. The minimum absolute atomic E-state index is 0.143. The Bertz CT molecular complexity index is 1410. The Morgan fingerprint density at radius 2 is 1.34 bits per heavy atom. The highest BCUT2D eigenvalue weighted by Crippen LogP contribution is 2.32. The summed E-state index contributed by atoms with van der Waals surface area (Å²) in [6, 6.07) is 20.2. The number of benzene rings is 3. The first-order valence-electron chi connectivity index (χ1n) is 11.3. The number of sulfone groups is 1. The molecule has 1 aliphatic heterocycles. The zero-order chi connectivity index (χ0) is 25.2. The molecule has 1 heterocycles. The lowest BCUT2D eigenvalue weighted by atomic mass is 10.00. The van der Waals surface area contributed by atoms with Crippen LogP contribution in [0.15, 0.2) is 94.9 Å². The van der Waals surface area contributed by atoms with Gasteiger partial charge in [-0.1, -0.05) is 47.5 Å². The van der Waals surface area contributed by atoms with E-state index in [9.17, 15) is 16.8 Å². The lowest BCUT2D eigenvalue weighted by molar-refractivity contribution is 0.359. The molecule has 8 heteroatoms.